The second-order valence-electron chi connectivity index (χ2n) is 11.6. The maximum atomic E-state index is 10.4. The Kier molecular flexibility index (Phi) is 5.88. The fourth-order valence-electron chi connectivity index (χ4n) is 6.89. The van der Waals surface area contributed by atoms with Crippen LogP contribution in [0.2, 0.25) is 0 Å². The summed E-state index contributed by atoms with van der Waals surface area (Å²) in [5.74, 6) is 0. The predicted octanol–water partition coefficient (Wildman–Crippen LogP) is 12.0. The Morgan fingerprint density at radius 1 is 0.413 bits per heavy atom. The number of hydrogen-bond donors (Lipinski definition) is 0. The molecule has 0 amide bonds. The van der Waals surface area contributed by atoms with Gasteiger partial charge in [-0.05, 0) is 75.8 Å². The van der Waals surface area contributed by atoms with Gasteiger partial charge in [0.2, 0.25) is 0 Å². The molecule has 3 nitrogen and oxygen atoms in total. The standard InChI is InChI=1S/C43H25NO2/c44-26-28-13-8-16-32(27-11-2-1-3-12-27)41(28)31-24-29(33-17-10-22-40-42(33)37-15-5-7-21-39(37)45-40)23-30(25-31)34-18-9-19-36-35-14-4-6-20-38(35)46-43(34)36/h1-25H. The molecule has 2 heterocycles. The lowest BCUT2D eigenvalue weighted by atomic mass is 9.86. The molecule has 0 aliphatic heterocycles. The molecule has 2 aromatic heterocycles. The Labute approximate surface area is 265 Å². The Morgan fingerprint density at radius 3 is 1.83 bits per heavy atom. The van der Waals surface area contributed by atoms with Gasteiger partial charge >= 0.3 is 0 Å². The normalized spacial score (nSPS) is 11.5. The minimum Gasteiger partial charge on any atom is -0.456 e. The molecule has 7 aromatic carbocycles. The third-order valence-corrected chi connectivity index (χ3v) is 8.92. The number of nitrogens with zero attached hydrogens (tertiary/aromatic N) is 1. The highest BCUT2D eigenvalue weighted by Gasteiger charge is 2.19. The highest BCUT2D eigenvalue weighted by atomic mass is 16.3. The van der Waals surface area contributed by atoms with Crippen molar-refractivity contribution in [3.8, 4) is 50.6 Å². The van der Waals surface area contributed by atoms with E-state index in [9.17, 15) is 5.26 Å². The van der Waals surface area contributed by atoms with Crippen LogP contribution in [0.5, 0.6) is 0 Å². The second-order valence-corrected chi connectivity index (χ2v) is 11.6. The quantitative estimate of drug-likeness (QED) is 0.206. The van der Waals surface area contributed by atoms with Gasteiger partial charge in [-0.2, -0.15) is 5.26 Å². The van der Waals surface area contributed by atoms with Gasteiger partial charge in [0, 0.05) is 32.7 Å². The molecule has 214 valence electrons. The molecule has 0 saturated heterocycles. The zero-order chi connectivity index (χ0) is 30.6. The van der Waals surface area contributed by atoms with Crippen molar-refractivity contribution in [1.29, 1.82) is 5.26 Å². The highest BCUT2D eigenvalue weighted by Crippen LogP contribution is 2.44. The summed E-state index contributed by atoms with van der Waals surface area (Å²) in [6.07, 6.45) is 0. The van der Waals surface area contributed by atoms with Gasteiger partial charge in [0.05, 0.1) is 11.6 Å². The van der Waals surface area contributed by atoms with Crippen LogP contribution in [-0.4, -0.2) is 0 Å². The van der Waals surface area contributed by atoms with E-state index in [2.05, 4.69) is 78.9 Å². The van der Waals surface area contributed by atoms with E-state index >= 15 is 0 Å². The van der Waals surface area contributed by atoms with E-state index in [1.54, 1.807) is 0 Å². The molecule has 0 aliphatic rings. The van der Waals surface area contributed by atoms with Crippen molar-refractivity contribution < 1.29 is 8.83 Å². The second kappa shape index (κ2) is 10.4. The van der Waals surface area contributed by atoms with Gasteiger partial charge in [0.15, 0.2) is 0 Å². The summed E-state index contributed by atoms with van der Waals surface area (Å²) < 4.78 is 12.8. The SMILES string of the molecule is N#Cc1cccc(-c2ccccc2)c1-c1cc(-c2cccc3c2oc2ccccc23)cc(-c2cccc3oc4ccccc4c23)c1. The fraction of sp³-hybridized carbons (Fsp3) is 0. The van der Waals surface area contributed by atoms with Crippen LogP contribution in [0.1, 0.15) is 5.56 Å². The van der Waals surface area contributed by atoms with Crippen molar-refractivity contribution in [3.63, 3.8) is 0 Å². The lowest BCUT2D eigenvalue weighted by Crippen LogP contribution is -1.93. The van der Waals surface area contributed by atoms with Crippen molar-refractivity contribution >= 4 is 43.9 Å². The fourth-order valence-corrected chi connectivity index (χ4v) is 6.89. The number of benzene rings is 7. The number of rotatable bonds is 4. The first kappa shape index (κ1) is 26.1. The van der Waals surface area contributed by atoms with Crippen molar-refractivity contribution in [2.45, 2.75) is 0 Å². The summed E-state index contributed by atoms with van der Waals surface area (Å²) in [5.41, 5.74) is 12.1. The number of hydrogen-bond acceptors (Lipinski definition) is 3. The van der Waals surface area contributed by atoms with Crippen LogP contribution < -0.4 is 0 Å². The molecule has 0 radical (unpaired) electrons. The molecule has 0 atom stereocenters. The number of nitriles is 1. The number of fused-ring (bicyclic) bond motifs is 6. The maximum absolute atomic E-state index is 10.4. The molecular weight excluding hydrogens is 562 g/mol. The minimum absolute atomic E-state index is 0.623. The number of para-hydroxylation sites is 3. The van der Waals surface area contributed by atoms with Gasteiger partial charge in [-0.1, -0.05) is 109 Å². The lowest BCUT2D eigenvalue weighted by molar-refractivity contribution is 0.669. The molecule has 9 rings (SSSR count). The average Bonchev–Trinajstić information content (AvgIpc) is 3.70. The first-order valence-corrected chi connectivity index (χ1v) is 15.3. The van der Waals surface area contributed by atoms with Gasteiger partial charge in [-0.3, -0.25) is 0 Å². The van der Waals surface area contributed by atoms with Crippen molar-refractivity contribution in [2.75, 3.05) is 0 Å². The largest absolute Gasteiger partial charge is 0.456 e. The van der Waals surface area contributed by atoms with E-state index in [1.165, 1.54) is 0 Å². The van der Waals surface area contributed by atoms with E-state index in [-0.39, 0.29) is 0 Å². The third kappa shape index (κ3) is 4.05. The van der Waals surface area contributed by atoms with Crippen LogP contribution >= 0.6 is 0 Å². The first-order chi connectivity index (χ1) is 22.8. The lowest BCUT2D eigenvalue weighted by Gasteiger charge is -2.16. The van der Waals surface area contributed by atoms with Crippen LogP contribution in [0.3, 0.4) is 0 Å². The van der Waals surface area contributed by atoms with Crippen LogP contribution in [-0.2, 0) is 0 Å². The van der Waals surface area contributed by atoms with Crippen LogP contribution in [0, 0.1) is 11.3 Å². The molecule has 0 spiro atoms. The molecule has 0 unspecified atom stereocenters. The van der Waals surface area contributed by atoms with E-state index in [1.807, 2.05) is 78.9 Å². The average molecular weight is 588 g/mol. The zero-order valence-electron chi connectivity index (χ0n) is 24.7. The molecule has 9 aromatic rings. The van der Waals surface area contributed by atoms with Crippen molar-refractivity contribution in [2.24, 2.45) is 0 Å². The molecule has 0 N–H and O–H groups in total. The number of furan rings is 2. The van der Waals surface area contributed by atoms with Crippen molar-refractivity contribution in [1.82, 2.24) is 0 Å². The van der Waals surface area contributed by atoms with Crippen LogP contribution in [0.25, 0.3) is 88.4 Å². The Hall–Kier alpha value is -6.37. The Balaban J connectivity index is 1.39. The maximum Gasteiger partial charge on any atom is 0.143 e. The summed E-state index contributed by atoms with van der Waals surface area (Å²) in [5, 5.41) is 14.7. The van der Waals surface area contributed by atoms with E-state index in [4.69, 9.17) is 8.83 Å². The van der Waals surface area contributed by atoms with E-state index in [0.717, 1.165) is 88.4 Å². The summed E-state index contributed by atoms with van der Waals surface area (Å²) in [7, 11) is 0. The first-order valence-electron chi connectivity index (χ1n) is 15.3. The molecule has 3 heteroatoms. The van der Waals surface area contributed by atoms with Gasteiger partial charge < -0.3 is 8.83 Å². The molecule has 0 aliphatic carbocycles. The van der Waals surface area contributed by atoms with E-state index < -0.39 is 0 Å². The minimum atomic E-state index is 0.623. The summed E-state index contributed by atoms with van der Waals surface area (Å²) >= 11 is 0. The van der Waals surface area contributed by atoms with Crippen LogP contribution in [0.4, 0.5) is 0 Å². The Morgan fingerprint density at radius 2 is 1.00 bits per heavy atom. The van der Waals surface area contributed by atoms with Gasteiger partial charge in [0.1, 0.15) is 22.3 Å². The topological polar surface area (TPSA) is 50.1 Å². The monoisotopic (exact) mass is 587 g/mol. The van der Waals surface area contributed by atoms with Crippen molar-refractivity contribution in [3.05, 3.63) is 157 Å². The predicted molar refractivity (Wildman–Crippen MR) is 187 cm³/mol. The van der Waals surface area contributed by atoms with Gasteiger partial charge in [-0.15, -0.1) is 0 Å². The van der Waals surface area contributed by atoms with Gasteiger partial charge in [-0.25, -0.2) is 0 Å². The van der Waals surface area contributed by atoms with Gasteiger partial charge in [0.25, 0.3) is 0 Å². The zero-order valence-corrected chi connectivity index (χ0v) is 24.7. The smallest absolute Gasteiger partial charge is 0.143 e. The molecule has 46 heavy (non-hydrogen) atoms. The molecule has 0 bridgehead atoms. The summed E-state index contributed by atoms with van der Waals surface area (Å²) in [4.78, 5) is 0. The molecule has 0 saturated carbocycles. The Bertz CT molecular complexity index is 2650. The third-order valence-electron chi connectivity index (χ3n) is 8.92. The molecule has 0 fully saturated rings. The summed E-state index contributed by atoms with van der Waals surface area (Å²) in [6.45, 7) is 0. The molecular formula is C43H25NO2. The highest BCUT2D eigenvalue weighted by molar-refractivity contribution is 6.14. The van der Waals surface area contributed by atoms with Crippen LogP contribution in [0.15, 0.2) is 160 Å². The summed E-state index contributed by atoms with van der Waals surface area (Å²) in [6, 6.07) is 54.3. The van der Waals surface area contributed by atoms with E-state index in [0.29, 0.717) is 5.56 Å².